The van der Waals surface area contributed by atoms with Crippen LogP contribution in [0.4, 0.5) is 5.13 Å². The van der Waals surface area contributed by atoms with E-state index in [0.717, 1.165) is 33.5 Å². The number of hydrogen-bond donors (Lipinski definition) is 1. The van der Waals surface area contributed by atoms with Crippen LogP contribution in [0.3, 0.4) is 0 Å². The second-order valence-corrected chi connectivity index (χ2v) is 13.7. The van der Waals surface area contributed by atoms with Gasteiger partial charge in [-0.15, -0.1) is 0 Å². The molecule has 15 heteroatoms. The number of para-hydroxylation sites is 1. The van der Waals surface area contributed by atoms with Gasteiger partial charge in [-0.05, 0) is 90.4 Å². The number of nitrogens with zero attached hydrogens (tertiary/aromatic N) is 2. The Morgan fingerprint density at radius 1 is 0.705 bits per heavy atom. The molecule has 5 aromatic rings. The van der Waals surface area contributed by atoms with Gasteiger partial charge in [-0.1, -0.05) is 48.8 Å². The fourth-order valence-corrected chi connectivity index (χ4v) is 6.09. The van der Waals surface area contributed by atoms with Gasteiger partial charge >= 0.3 is 23.9 Å². The molecule has 0 spiro atoms. The Morgan fingerprint density at radius 3 is 1.98 bits per heavy atom. The largest absolute Gasteiger partial charge is 0.493 e. The summed E-state index contributed by atoms with van der Waals surface area (Å²) in [5.41, 5.74) is 6.29. The van der Waals surface area contributed by atoms with E-state index in [1.165, 1.54) is 55.0 Å². The molecule has 0 aliphatic carbocycles. The molecule has 1 N–H and O–H groups in total. The Balaban J connectivity index is 1.23. The van der Waals surface area contributed by atoms with Crippen LogP contribution in [0.15, 0.2) is 121 Å². The van der Waals surface area contributed by atoms with E-state index in [9.17, 15) is 19.2 Å². The number of carbonyl (C=O) groups excluding carboxylic acids is 4. The Kier molecular flexibility index (Phi) is 16.9. The van der Waals surface area contributed by atoms with Crippen molar-refractivity contribution >= 4 is 68.9 Å². The molecule has 0 saturated carbocycles. The number of hydrogen-bond acceptors (Lipinski definition) is 15. The number of aromatic nitrogens is 1. The lowest BCUT2D eigenvalue weighted by Crippen LogP contribution is -2.08. The van der Waals surface area contributed by atoms with Crippen molar-refractivity contribution in [2.45, 2.75) is 19.8 Å². The summed E-state index contributed by atoms with van der Waals surface area (Å²) in [6, 6.07) is 22.8. The van der Waals surface area contributed by atoms with E-state index in [0.29, 0.717) is 53.0 Å². The highest BCUT2D eigenvalue weighted by Crippen LogP contribution is 2.30. The van der Waals surface area contributed by atoms with Gasteiger partial charge < -0.3 is 33.2 Å². The number of thiazole rings is 1. The molecule has 0 unspecified atom stereocenters. The van der Waals surface area contributed by atoms with Gasteiger partial charge in [0.1, 0.15) is 17.2 Å². The second-order valence-electron chi connectivity index (χ2n) is 12.6. The normalized spacial score (nSPS) is 11.0. The number of esters is 4. The Morgan fingerprint density at radius 2 is 1.33 bits per heavy atom. The molecule has 0 aliphatic heterocycles. The molecule has 1 heterocycles. The lowest BCUT2D eigenvalue weighted by Gasteiger charge is -2.11. The molecule has 0 amide bonds. The van der Waals surface area contributed by atoms with Crippen LogP contribution in [0, 0.1) is 6.92 Å². The Labute approximate surface area is 356 Å². The summed E-state index contributed by atoms with van der Waals surface area (Å²) in [5.74, 6) is -0.401. The van der Waals surface area contributed by atoms with Crippen molar-refractivity contribution in [2.24, 2.45) is 5.10 Å². The summed E-state index contributed by atoms with van der Waals surface area (Å²) in [7, 11) is 1.50. The third-order valence-corrected chi connectivity index (χ3v) is 9.13. The fraction of sp³-hybridized carbons (Fsp3) is 0.174. The standard InChI is InChI=1S/C46H43N3O11S/c1-5-42(50)57-25-9-23-55-37-18-13-32(27-31(37)3)15-21-44(52)59-35-17-20-38(34(29-35)30-47-49-46-48-36-11-7-8-12-41(36)61-46)60-45(53)22-16-33-14-19-39(40(28-33)54-4)56-24-10-26-58-43(51)6-2/h5-8,11-22,27-30H,1-2,9-10,23-26H2,3-4H3,(H,48,49)/b21-15+,22-16+,47-30+. The summed E-state index contributed by atoms with van der Waals surface area (Å²) in [6.07, 6.45) is 10.3. The number of ether oxygens (including phenoxy) is 7. The Hall–Kier alpha value is -7.52. The van der Waals surface area contributed by atoms with E-state index in [1.54, 1.807) is 42.5 Å². The highest BCUT2D eigenvalue weighted by molar-refractivity contribution is 7.22. The highest BCUT2D eigenvalue weighted by Gasteiger charge is 2.12. The molecule has 0 saturated heterocycles. The maximum absolute atomic E-state index is 13.1. The third-order valence-electron chi connectivity index (χ3n) is 8.19. The first kappa shape index (κ1) is 44.6. The number of rotatable bonds is 22. The van der Waals surface area contributed by atoms with Gasteiger partial charge in [-0.2, -0.15) is 5.10 Å². The minimum atomic E-state index is -0.685. The molecular formula is C46H43N3O11S. The van der Waals surface area contributed by atoms with Crippen molar-refractivity contribution in [1.82, 2.24) is 4.98 Å². The minimum absolute atomic E-state index is 0.149. The first-order chi connectivity index (χ1) is 29.6. The number of hydrazone groups is 1. The molecule has 0 aliphatic rings. The van der Waals surface area contributed by atoms with Crippen LogP contribution in [0.2, 0.25) is 0 Å². The number of aryl methyl sites for hydroxylation is 1. The number of fused-ring (bicyclic) bond motifs is 1. The average Bonchev–Trinajstić information content (AvgIpc) is 3.69. The summed E-state index contributed by atoms with van der Waals surface area (Å²) in [4.78, 5) is 52.9. The maximum atomic E-state index is 13.1. The predicted octanol–water partition coefficient (Wildman–Crippen LogP) is 8.29. The van der Waals surface area contributed by atoms with Crippen molar-refractivity contribution in [3.63, 3.8) is 0 Å². The average molecular weight is 846 g/mol. The quantitative estimate of drug-likeness (QED) is 0.0176. The van der Waals surface area contributed by atoms with Gasteiger partial charge in [0.15, 0.2) is 11.5 Å². The molecule has 5 rings (SSSR count). The fourth-order valence-electron chi connectivity index (χ4n) is 5.27. The van der Waals surface area contributed by atoms with Gasteiger partial charge in [0, 0.05) is 42.7 Å². The van der Waals surface area contributed by atoms with Crippen molar-refractivity contribution < 1.29 is 52.3 Å². The number of anilines is 1. The first-order valence-corrected chi connectivity index (χ1v) is 19.7. The molecule has 0 bridgehead atoms. The predicted molar refractivity (Wildman–Crippen MR) is 233 cm³/mol. The second kappa shape index (κ2) is 23.2. The van der Waals surface area contributed by atoms with Crippen molar-refractivity contribution in [3.8, 4) is 28.7 Å². The zero-order valence-electron chi connectivity index (χ0n) is 33.5. The summed E-state index contributed by atoms with van der Waals surface area (Å²) >= 11 is 1.42. The van der Waals surface area contributed by atoms with Gasteiger partial charge in [0.2, 0.25) is 5.13 Å². The molecule has 0 atom stereocenters. The van der Waals surface area contributed by atoms with Crippen molar-refractivity contribution in [3.05, 3.63) is 139 Å². The van der Waals surface area contributed by atoms with E-state index < -0.39 is 23.9 Å². The molecule has 314 valence electrons. The monoisotopic (exact) mass is 845 g/mol. The molecular weight excluding hydrogens is 803 g/mol. The van der Waals surface area contributed by atoms with E-state index in [-0.39, 0.29) is 31.3 Å². The van der Waals surface area contributed by atoms with Crippen molar-refractivity contribution in [1.29, 1.82) is 0 Å². The van der Waals surface area contributed by atoms with Gasteiger partial charge in [-0.25, -0.2) is 24.2 Å². The van der Waals surface area contributed by atoms with Crippen LogP contribution in [0.25, 0.3) is 22.4 Å². The van der Waals surface area contributed by atoms with Crippen LogP contribution >= 0.6 is 11.3 Å². The van der Waals surface area contributed by atoms with Gasteiger partial charge in [-0.3, -0.25) is 5.43 Å². The van der Waals surface area contributed by atoms with Gasteiger partial charge in [0.25, 0.3) is 0 Å². The number of methoxy groups -OCH3 is 1. The minimum Gasteiger partial charge on any atom is -0.493 e. The lowest BCUT2D eigenvalue weighted by atomic mass is 10.1. The topological polar surface area (TPSA) is 170 Å². The van der Waals surface area contributed by atoms with E-state index >= 15 is 0 Å². The smallest absolute Gasteiger partial charge is 0.336 e. The molecule has 0 fully saturated rings. The number of carbonyl (C=O) groups is 4. The van der Waals surface area contributed by atoms with Crippen LogP contribution in [0.1, 0.15) is 35.1 Å². The van der Waals surface area contributed by atoms with Gasteiger partial charge in [0.05, 0.1) is 50.0 Å². The Bertz CT molecular complexity index is 2420. The molecule has 1 aromatic heterocycles. The van der Waals surface area contributed by atoms with Crippen LogP contribution < -0.4 is 29.1 Å². The number of benzene rings is 4. The zero-order chi connectivity index (χ0) is 43.4. The maximum Gasteiger partial charge on any atom is 0.336 e. The third kappa shape index (κ3) is 14.4. The highest BCUT2D eigenvalue weighted by atomic mass is 32.1. The molecule has 14 nitrogen and oxygen atoms in total. The molecule has 61 heavy (non-hydrogen) atoms. The molecule has 4 aromatic carbocycles. The van der Waals surface area contributed by atoms with Crippen LogP contribution in [-0.2, 0) is 28.7 Å². The van der Waals surface area contributed by atoms with E-state index in [1.807, 2.05) is 37.3 Å². The summed E-state index contributed by atoms with van der Waals surface area (Å²) < 4.78 is 39.2. The molecule has 0 radical (unpaired) electrons. The van der Waals surface area contributed by atoms with Crippen LogP contribution in [-0.4, -0.2) is 68.6 Å². The lowest BCUT2D eigenvalue weighted by molar-refractivity contribution is -0.138. The van der Waals surface area contributed by atoms with Crippen molar-refractivity contribution in [2.75, 3.05) is 39.0 Å². The van der Waals surface area contributed by atoms with Crippen LogP contribution in [0.5, 0.6) is 28.7 Å². The van der Waals surface area contributed by atoms with E-state index in [2.05, 4.69) is 28.7 Å². The first-order valence-electron chi connectivity index (χ1n) is 18.8. The summed E-state index contributed by atoms with van der Waals surface area (Å²) in [6.45, 7) is 9.65. The zero-order valence-corrected chi connectivity index (χ0v) is 34.3. The summed E-state index contributed by atoms with van der Waals surface area (Å²) in [5, 5.41) is 4.86. The SMILES string of the molecule is C=CC(=O)OCCCOc1ccc(/C=C/C(=O)Oc2ccc(OC(=O)/C=C/c3ccc(OCCCOC(=O)C=C)c(OC)c3)c(/C=N/Nc3nc4ccccc4s3)c2)cc1C. The number of nitrogens with one attached hydrogen (secondary N) is 1. The van der Waals surface area contributed by atoms with E-state index in [4.69, 9.17) is 33.2 Å².